The molecule has 0 aliphatic carbocycles. The lowest BCUT2D eigenvalue weighted by Crippen LogP contribution is -2.41. The second kappa shape index (κ2) is 4.84. The number of rotatable bonds is 2. The average molecular weight is 227 g/mol. The predicted octanol–water partition coefficient (Wildman–Crippen LogP) is 1.26. The molecule has 2 rings (SSSR count). The third kappa shape index (κ3) is 2.73. The normalized spacial score (nSPS) is 19.6. The fraction of sp³-hybridized carbons (Fsp3) is 0.286. The van der Waals surface area contributed by atoms with E-state index in [2.05, 4.69) is 11.2 Å². The number of piperidine rings is 1. The number of terminal acetylenes is 1. The van der Waals surface area contributed by atoms with E-state index in [0.29, 0.717) is 19.3 Å². The van der Waals surface area contributed by atoms with Crippen LogP contribution in [-0.2, 0) is 16.0 Å². The highest BCUT2D eigenvalue weighted by molar-refractivity contribution is 5.98. The Kier molecular flexibility index (Phi) is 3.24. The molecule has 0 saturated carbocycles. The standard InChI is InChI=1S/C14H13NO2/c1-2-10-3-5-11(6-4-10)9-12-7-8-13(16)15-14(12)17/h1,3-6,12H,7-9H2,(H,15,16,17). The van der Waals surface area contributed by atoms with Crippen LogP contribution in [0.4, 0.5) is 0 Å². The second-order valence-corrected chi connectivity index (χ2v) is 4.19. The Bertz CT molecular complexity index is 482. The number of carbonyl (C=O) groups is 2. The van der Waals surface area contributed by atoms with E-state index in [4.69, 9.17) is 6.42 Å². The smallest absolute Gasteiger partial charge is 0.230 e. The van der Waals surface area contributed by atoms with Gasteiger partial charge < -0.3 is 0 Å². The zero-order valence-corrected chi connectivity index (χ0v) is 9.40. The van der Waals surface area contributed by atoms with Gasteiger partial charge in [-0.2, -0.15) is 0 Å². The molecule has 3 heteroatoms. The molecular weight excluding hydrogens is 214 g/mol. The van der Waals surface area contributed by atoms with Crippen LogP contribution in [0.2, 0.25) is 0 Å². The first-order valence-corrected chi connectivity index (χ1v) is 5.58. The van der Waals surface area contributed by atoms with E-state index < -0.39 is 0 Å². The van der Waals surface area contributed by atoms with E-state index >= 15 is 0 Å². The molecule has 1 aromatic carbocycles. The first kappa shape index (κ1) is 11.4. The Morgan fingerprint density at radius 2 is 2.00 bits per heavy atom. The van der Waals surface area contributed by atoms with Crippen LogP contribution in [-0.4, -0.2) is 11.8 Å². The summed E-state index contributed by atoms with van der Waals surface area (Å²) in [6.07, 6.45) is 6.98. The molecule has 2 amide bonds. The molecule has 1 atom stereocenters. The van der Waals surface area contributed by atoms with Crippen LogP contribution in [0.5, 0.6) is 0 Å². The van der Waals surface area contributed by atoms with Crippen LogP contribution in [0.15, 0.2) is 24.3 Å². The van der Waals surface area contributed by atoms with Gasteiger partial charge in [0.2, 0.25) is 11.8 Å². The number of carbonyl (C=O) groups excluding carboxylic acids is 2. The average Bonchev–Trinajstić information content (AvgIpc) is 2.34. The van der Waals surface area contributed by atoms with Gasteiger partial charge in [-0.15, -0.1) is 6.42 Å². The lowest BCUT2D eigenvalue weighted by atomic mass is 9.91. The van der Waals surface area contributed by atoms with Crippen LogP contribution in [0.25, 0.3) is 0 Å². The Morgan fingerprint density at radius 1 is 1.29 bits per heavy atom. The largest absolute Gasteiger partial charge is 0.296 e. The van der Waals surface area contributed by atoms with Crippen molar-refractivity contribution in [2.24, 2.45) is 5.92 Å². The molecule has 0 aromatic heterocycles. The maximum Gasteiger partial charge on any atom is 0.230 e. The number of benzene rings is 1. The number of amides is 2. The van der Waals surface area contributed by atoms with E-state index in [9.17, 15) is 9.59 Å². The van der Waals surface area contributed by atoms with Crippen molar-refractivity contribution in [2.45, 2.75) is 19.3 Å². The Labute approximate surface area is 100 Å². The maximum atomic E-state index is 11.6. The van der Waals surface area contributed by atoms with Crippen molar-refractivity contribution in [3.8, 4) is 12.3 Å². The van der Waals surface area contributed by atoms with Crippen molar-refractivity contribution in [3.05, 3.63) is 35.4 Å². The molecule has 17 heavy (non-hydrogen) atoms. The molecule has 1 N–H and O–H groups in total. The summed E-state index contributed by atoms with van der Waals surface area (Å²) in [5.74, 6) is 2.10. The summed E-state index contributed by atoms with van der Waals surface area (Å²) in [6.45, 7) is 0. The lowest BCUT2D eigenvalue weighted by Gasteiger charge is -2.20. The van der Waals surface area contributed by atoms with Crippen molar-refractivity contribution in [3.63, 3.8) is 0 Å². The molecule has 1 fully saturated rings. The molecule has 3 nitrogen and oxygen atoms in total. The van der Waals surface area contributed by atoms with Gasteiger partial charge in [0.25, 0.3) is 0 Å². The van der Waals surface area contributed by atoms with Crippen molar-refractivity contribution in [2.75, 3.05) is 0 Å². The SMILES string of the molecule is C#Cc1ccc(CC2CCC(=O)NC2=O)cc1. The van der Waals surface area contributed by atoms with Gasteiger partial charge in [0, 0.05) is 17.9 Å². The molecule has 0 spiro atoms. The summed E-state index contributed by atoms with van der Waals surface area (Å²) in [6, 6.07) is 7.58. The third-order valence-electron chi connectivity index (χ3n) is 2.96. The van der Waals surface area contributed by atoms with Crippen molar-refractivity contribution >= 4 is 11.8 Å². The molecule has 1 aromatic rings. The molecule has 1 aliphatic heterocycles. The molecule has 1 unspecified atom stereocenters. The van der Waals surface area contributed by atoms with Crippen LogP contribution < -0.4 is 5.32 Å². The molecular formula is C14H13NO2. The topological polar surface area (TPSA) is 46.2 Å². The van der Waals surface area contributed by atoms with E-state index in [1.807, 2.05) is 24.3 Å². The minimum Gasteiger partial charge on any atom is -0.296 e. The fourth-order valence-electron chi connectivity index (χ4n) is 1.95. The molecule has 86 valence electrons. The predicted molar refractivity (Wildman–Crippen MR) is 64.0 cm³/mol. The van der Waals surface area contributed by atoms with Crippen molar-refractivity contribution < 1.29 is 9.59 Å². The number of nitrogens with one attached hydrogen (secondary N) is 1. The molecule has 1 aliphatic rings. The third-order valence-corrected chi connectivity index (χ3v) is 2.96. The highest BCUT2D eigenvalue weighted by Gasteiger charge is 2.26. The van der Waals surface area contributed by atoms with Gasteiger partial charge in [0.15, 0.2) is 0 Å². The molecule has 0 bridgehead atoms. The Hall–Kier alpha value is -2.08. The zero-order chi connectivity index (χ0) is 12.3. The van der Waals surface area contributed by atoms with E-state index in [1.54, 1.807) is 0 Å². The highest BCUT2D eigenvalue weighted by Crippen LogP contribution is 2.18. The van der Waals surface area contributed by atoms with Crippen molar-refractivity contribution in [1.29, 1.82) is 0 Å². The Morgan fingerprint density at radius 3 is 2.59 bits per heavy atom. The fourth-order valence-corrected chi connectivity index (χ4v) is 1.95. The van der Waals surface area contributed by atoms with Gasteiger partial charge in [-0.1, -0.05) is 18.1 Å². The summed E-state index contributed by atoms with van der Waals surface area (Å²) >= 11 is 0. The van der Waals surface area contributed by atoms with Crippen LogP contribution in [0.1, 0.15) is 24.0 Å². The summed E-state index contributed by atoms with van der Waals surface area (Å²) in [4.78, 5) is 22.6. The van der Waals surface area contributed by atoms with Gasteiger partial charge >= 0.3 is 0 Å². The minimum atomic E-state index is -0.172. The van der Waals surface area contributed by atoms with Crippen LogP contribution in [0.3, 0.4) is 0 Å². The van der Waals surface area contributed by atoms with Gasteiger partial charge in [-0.05, 0) is 30.5 Å². The highest BCUT2D eigenvalue weighted by atomic mass is 16.2. The maximum absolute atomic E-state index is 11.6. The summed E-state index contributed by atoms with van der Waals surface area (Å²) in [5, 5.41) is 2.36. The minimum absolute atomic E-state index is 0.107. The van der Waals surface area contributed by atoms with E-state index in [1.165, 1.54) is 0 Å². The van der Waals surface area contributed by atoms with E-state index in [0.717, 1.165) is 11.1 Å². The van der Waals surface area contributed by atoms with Gasteiger partial charge in [0.05, 0.1) is 0 Å². The zero-order valence-electron chi connectivity index (χ0n) is 9.40. The van der Waals surface area contributed by atoms with Crippen LogP contribution in [0, 0.1) is 18.3 Å². The molecule has 1 saturated heterocycles. The number of hydrogen-bond acceptors (Lipinski definition) is 2. The van der Waals surface area contributed by atoms with Gasteiger partial charge in [-0.3, -0.25) is 14.9 Å². The summed E-state index contributed by atoms with van der Waals surface area (Å²) in [5.41, 5.74) is 1.90. The monoisotopic (exact) mass is 227 g/mol. The number of imide groups is 1. The van der Waals surface area contributed by atoms with Crippen LogP contribution >= 0.6 is 0 Å². The first-order valence-electron chi connectivity index (χ1n) is 5.58. The van der Waals surface area contributed by atoms with Gasteiger partial charge in [0.1, 0.15) is 0 Å². The van der Waals surface area contributed by atoms with E-state index in [-0.39, 0.29) is 17.7 Å². The molecule has 0 radical (unpaired) electrons. The van der Waals surface area contributed by atoms with Gasteiger partial charge in [-0.25, -0.2) is 0 Å². The lowest BCUT2D eigenvalue weighted by molar-refractivity contribution is -0.136. The molecule has 1 heterocycles. The Balaban J connectivity index is 2.03. The quantitative estimate of drug-likeness (QED) is 0.610. The van der Waals surface area contributed by atoms with Crippen molar-refractivity contribution in [1.82, 2.24) is 5.32 Å². The first-order chi connectivity index (χ1) is 8.19. The second-order valence-electron chi connectivity index (χ2n) is 4.19. The summed E-state index contributed by atoms with van der Waals surface area (Å²) in [7, 11) is 0. The number of hydrogen-bond donors (Lipinski definition) is 1. The summed E-state index contributed by atoms with van der Waals surface area (Å²) < 4.78 is 0.